The number of carbonyl (C=O) groups excluding carboxylic acids is 1. The molecule has 27 heavy (non-hydrogen) atoms. The normalized spacial score (nSPS) is 11.9. The predicted molar refractivity (Wildman–Crippen MR) is 113 cm³/mol. The lowest BCUT2D eigenvalue weighted by Gasteiger charge is -2.18. The number of rotatable bonds is 13. The molecule has 1 amide bonds. The standard InChI is InChI=1S/C23H33N3O/c1-2-7-20-10-6-11-22(16-20)17-23(24)12-13-25-14-15-26(19-27)18-21-8-4-3-5-9-21/h3-6,8-11,16,19,23,25H,2,7,12-15,17-18,24H2,1H3/t23-/m1/s1. The fourth-order valence-corrected chi connectivity index (χ4v) is 3.23. The topological polar surface area (TPSA) is 58.4 Å². The van der Waals surface area contributed by atoms with E-state index in [1.54, 1.807) is 4.90 Å². The molecule has 0 aliphatic heterocycles. The Morgan fingerprint density at radius 3 is 2.52 bits per heavy atom. The summed E-state index contributed by atoms with van der Waals surface area (Å²) >= 11 is 0. The van der Waals surface area contributed by atoms with Crippen LogP contribution in [0.15, 0.2) is 54.6 Å². The number of hydrogen-bond acceptors (Lipinski definition) is 3. The summed E-state index contributed by atoms with van der Waals surface area (Å²) < 4.78 is 0. The van der Waals surface area contributed by atoms with Gasteiger partial charge >= 0.3 is 0 Å². The van der Waals surface area contributed by atoms with E-state index in [0.717, 1.165) is 44.3 Å². The van der Waals surface area contributed by atoms with E-state index < -0.39 is 0 Å². The van der Waals surface area contributed by atoms with Crippen LogP contribution in [0.5, 0.6) is 0 Å². The lowest BCUT2D eigenvalue weighted by molar-refractivity contribution is -0.118. The molecule has 146 valence electrons. The van der Waals surface area contributed by atoms with E-state index >= 15 is 0 Å². The number of carbonyl (C=O) groups is 1. The van der Waals surface area contributed by atoms with Crippen molar-refractivity contribution in [2.24, 2.45) is 5.73 Å². The van der Waals surface area contributed by atoms with Crippen LogP contribution in [0.25, 0.3) is 0 Å². The van der Waals surface area contributed by atoms with Crippen LogP contribution in [-0.4, -0.2) is 37.0 Å². The minimum Gasteiger partial charge on any atom is -0.340 e. The van der Waals surface area contributed by atoms with Crippen molar-refractivity contribution in [3.8, 4) is 0 Å². The van der Waals surface area contributed by atoms with E-state index in [-0.39, 0.29) is 6.04 Å². The minimum atomic E-state index is 0.154. The van der Waals surface area contributed by atoms with Gasteiger partial charge in [0.2, 0.25) is 6.41 Å². The van der Waals surface area contributed by atoms with Crippen LogP contribution in [-0.2, 0) is 24.2 Å². The van der Waals surface area contributed by atoms with Crippen molar-refractivity contribution in [1.82, 2.24) is 10.2 Å². The van der Waals surface area contributed by atoms with Crippen molar-refractivity contribution in [3.05, 3.63) is 71.3 Å². The summed E-state index contributed by atoms with van der Waals surface area (Å²) in [5.74, 6) is 0. The third-order valence-corrected chi connectivity index (χ3v) is 4.67. The Morgan fingerprint density at radius 1 is 1.04 bits per heavy atom. The van der Waals surface area contributed by atoms with Crippen LogP contribution in [0.3, 0.4) is 0 Å². The first-order valence-corrected chi connectivity index (χ1v) is 9.98. The van der Waals surface area contributed by atoms with Crippen LogP contribution < -0.4 is 11.1 Å². The first kappa shape index (κ1) is 21.1. The van der Waals surface area contributed by atoms with Gasteiger partial charge in [0.15, 0.2) is 0 Å². The fourth-order valence-electron chi connectivity index (χ4n) is 3.23. The average Bonchev–Trinajstić information content (AvgIpc) is 2.68. The van der Waals surface area contributed by atoms with Gasteiger partial charge in [0.05, 0.1) is 0 Å². The van der Waals surface area contributed by atoms with Crippen LogP contribution >= 0.6 is 0 Å². The van der Waals surface area contributed by atoms with Gasteiger partial charge in [-0.2, -0.15) is 0 Å². The molecule has 2 rings (SSSR count). The third kappa shape index (κ3) is 8.37. The average molecular weight is 368 g/mol. The number of nitrogens with two attached hydrogens (primary N) is 1. The highest BCUT2D eigenvalue weighted by atomic mass is 16.1. The van der Waals surface area contributed by atoms with E-state index in [1.807, 2.05) is 30.3 Å². The number of nitrogens with one attached hydrogen (secondary N) is 1. The van der Waals surface area contributed by atoms with E-state index in [1.165, 1.54) is 17.5 Å². The number of hydrogen-bond donors (Lipinski definition) is 2. The molecule has 0 bridgehead atoms. The predicted octanol–water partition coefficient (Wildman–Crippen LogP) is 3.15. The van der Waals surface area contributed by atoms with Gasteiger partial charge in [0, 0.05) is 25.7 Å². The molecule has 3 N–H and O–H groups in total. The highest BCUT2D eigenvalue weighted by molar-refractivity contribution is 5.47. The first-order chi connectivity index (χ1) is 13.2. The molecule has 1 atom stereocenters. The quantitative estimate of drug-likeness (QED) is 0.422. The van der Waals surface area contributed by atoms with Gasteiger partial charge in [-0.05, 0) is 42.5 Å². The van der Waals surface area contributed by atoms with Crippen LogP contribution in [0.1, 0.15) is 36.5 Å². The molecule has 2 aromatic rings. The lowest BCUT2D eigenvalue weighted by atomic mass is 10.0. The second-order valence-corrected chi connectivity index (χ2v) is 7.13. The zero-order valence-corrected chi connectivity index (χ0v) is 16.4. The number of amides is 1. The molecule has 0 spiro atoms. The Bertz CT molecular complexity index is 660. The summed E-state index contributed by atoms with van der Waals surface area (Å²) in [6.07, 6.45) is 5.05. The van der Waals surface area contributed by atoms with Gasteiger partial charge in [-0.3, -0.25) is 4.79 Å². The monoisotopic (exact) mass is 367 g/mol. The molecular weight excluding hydrogens is 334 g/mol. The molecule has 0 fully saturated rings. The van der Waals surface area contributed by atoms with Crippen molar-refractivity contribution in [1.29, 1.82) is 0 Å². The SMILES string of the molecule is CCCc1cccc(C[C@H](N)CCNCCN(C=O)Cc2ccccc2)c1. The molecular formula is C23H33N3O. The maximum atomic E-state index is 11.2. The molecule has 0 aromatic heterocycles. The molecule has 4 heteroatoms. The van der Waals surface area contributed by atoms with Crippen molar-refractivity contribution >= 4 is 6.41 Å². The van der Waals surface area contributed by atoms with Gasteiger partial charge in [0.25, 0.3) is 0 Å². The summed E-state index contributed by atoms with van der Waals surface area (Å²) in [7, 11) is 0. The number of aryl methyl sites for hydroxylation is 1. The summed E-state index contributed by atoms with van der Waals surface area (Å²) in [5, 5.41) is 3.40. The fraction of sp³-hybridized carbons (Fsp3) is 0.435. The molecule has 0 saturated heterocycles. The Kier molecular flexibility index (Phi) is 9.60. The summed E-state index contributed by atoms with van der Waals surface area (Å²) in [6, 6.07) is 19.0. The zero-order chi connectivity index (χ0) is 19.3. The van der Waals surface area contributed by atoms with Gasteiger partial charge in [0.1, 0.15) is 0 Å². The number of benzene rings is 2. The van der Waals surface area contributed by atoms with Crippen molar-refractivity contribution < 1.29 is 4.79 Å². The molecule has 2 aromatic carbocycles. The molecule has 0 unspecified atom stereocenters. The molecule has 0 heterocycles. The third-order valence-electron chi connectivity index (χ3n) is 4.67. The smallest absolute Gasteiger partial charge is 0.210 e. The van der Waals surface area contributed by atoms with Crippen LogP contribution in [0.2, 0.25) is 0 Å². The van der Waals surface area contributed by atoms with Crippen molar-refractivity contribution in [2.45, 2.75) is 45.2 Å². The van der Waals surface area contributed by atoms with Gasteiger partial charge in [-0.25, -0.2) is 0 Å². The summed E-state index contributed by atoms with van der Waals surface area (Å²) in [5.41, 5.74) is 10.2. The van der Waals surface area contributed by atoms with Gasteiger partial charge in [-0.1, -0.05) is 67.9 Å². The van der Waals surface area contributed by atoms with E-state index in [2.05, 4.69) is 36.5 Å². The Morgan fingerprint density at radius 2 is 1.78 bits per heavy atom. The minimum absolute atomic E-state index is 0.154. The Hall–Kier alpha value is -2.17. The Labute approximate surface area is 163 Å². The molecule has 0 saturated carbocycles. The molecule has 0 aliphatic carbocycles. The lowest BCUT2D eigenvalue weighted by Crippen LogP contribution is -2.34. The largest absolute Gasteiger partial charge is 0.340 e. The second-order valence-electron chi connectivity index (χ2n) is 7.13. The highest BCUT2D eigenvalue weighted by Crippen LogP contribution is 2.10. The maximum absolute atomic E-state index is 11.2. The van der Waals surface area contributed by atoms with Crippen molar-refractivity contribution in [3.63, 3.8) is 0 Å². The number of nitrogens with zero attached hydrogens (tertiary/aromatic N) is 1. The van der Waals surface area contributed by atoms with Crippen LogP contribution in [0, 0.1) is 0 Å². The molecule has 0 aliphatic rings. The van der Waals surface area contributed by atoms with Crippen LogP contribution in [0.4, 0.5) is 0 Å². The van der Waals surface area contributed by atoms with Crippen molar-refractivity contribution in [2.75, 3.05) is 19.6 Å². The Balaban J connectivity index is 1.62. The van der Waals surface area contributed by atoms with E-state index in [4.69, 9.17) is 5.73 Å². The van der Waals surface area contributed by atoms with Gasteiger partial charge in [-0.15, -0.1) is 0 Å². The second kappa shape index (κ2) is 12.3. The van der Waals surface area contributed by atoms with E-state index in [9.17, 15) is 4.79 Å². The zero-order valence-electron chi connectivity index (χ0n) is 16.4. The molecule has 4 nitrogen and oxygen atoms in total. The summed E-state index contributed by atoms with van der Waals surface area (Å²) in [4.78, 5) is 13.0. The highest BCUT2D eigenvalue weighted by Gasteiger charge is 2.06. The first-order valence-electron chi connectivity index (χ1n) is 9.98. The van der Waals surface area contributed by atoms with E-state index in [0.29, 0.717) is 13.1 Å². The summed E-state index contributed by atoms with van der Waals surface area (Å²) in [6.45, 7) is 5.21. The van der Waals surface area contributed by atoms with Gasteiger partial charge < -0.3 is 16.0 Å². The molecule has 0 radical (unpaired) electrons. The maximum Gasteiger partial charge on any atom is 0.210 e.